The molecule has 0 bridgehead atoms. The molecule has 0 spiro atoms. The lowest BCUT2D eigenvalue weighted by Gasteiger charge is -2.16. The normalized spacial score (nSPS) is 9.69. The zero-order valence-electron chi connectivity index (χ0n) is 9.37. The number of allylic oxidation sites excluding steroid dienone is 1. The molecular formula is C12H14BrNO2. The molecule has 4 heteroatoms. The van der Waals surface area contributed by atoms with Gasteiger partial charge in [0, 0.05) is 18.1 Å². The zero-order valence-corrected chi connectivity index (χ0v) is 11.0. The number of halogens is 1. The summed E-state index contributed by atoms with van der Waals surface area (Å²) >= 11 is 3.36. The van der Waals surface area contributed by atoms with E-state index in [2.05, 4.69) is 22.5 Å². The average molecular weight is 284 g/mol. The Morgan fingerprint density at radius 1 is 1.44 bits per heavy atom. The van der Waals surface area contributed by atoms with Gasteiger partial charge in [0.25, 0.3) is 0 Å². The third-order valence-corrected chi connectivity index (χ3v) is 2.66. The maximum Gasteiger partial charge on any atom is 0.419 e. The van der Waals surface area contributed by atoms with E-state index in [1.807, 2.05) is 24.3 Å². The van der Waals surface area contributed by atoms with Crippen LogP contribution in [0.4, 0.5) is 10.5 Å². The van der Waals surface area contributed by atoms with Gasteiger partial charge in [-0.1, -0.05) is 34.6 Å². The molecule has 0 aliphatic carbocycles. The fourth-order valence-electron chi connectivity index (χ4n) is 1.13. The fourth-order valence-corrected chi connectivity index (χ4v) is 1.51. The molecule has 1 aromatic rings. The molecule has 0 N–H and O–H groups in total. The number of amides is 1. The lowest BCUT2D eigenvalue weighted by atomic mass is 10.2. The number of hydrogen-bond donors (Lipinski definition) is 0. The van der Waals surface area contributed by atoms with Gasteiger partial charge in [-0.2, -0.15) is 0 Å². The van der Waals surface area contributed by atoms with Gasteiger partial charge in [0.1, 0.15) is 0 Å². The summed E-state index contributed by atoms with van der Waals surface area (Å²) in [6.07, 6.45) is -0.431. The summed E-state index contributed by atoms with van der Waals surface area (Å²) < 4.78 is 4.91. The lowest BCUT2D eigenvalue weighted by molar-refractivity contribution is 0.186. The smallest absolute Gasteiger partial charge is 0.415 e. The summed E-state index contributed by atoms with van der Waals surface area (Å²) in [6, 6.07) is 7.65. The number of carbonyl (C=O) groups excluding carboxylic acids is 1. The third kappa shape index (κ3) is 3.38. The van der Waals surface area contributed by atoms with Crippen LogP contribution >= 0.6 is 15.9 Å². The third-order valence-electron chi connectivity index (χ3n) is 2.01. The highest BCUT2D eigenvalue weighted by Gasteiger charge is 2.12. The molecular weight excluding hydrogens is 270 g/mol. The topological polar surface area (TPSA) is 29.5 Å². The minimum atomic E-state index is -0.431. The first-order valence-electron chi connectivity index (χ1n) is 4.80. The van der Waals surface area contributed by atoms with E-state index in [0.717, 1.165) is 16.6 Å². The Balaban J connectivity index is 2.75. The molecule has 0 unspecified atom stereocenters. The predicted octanol–water partition coefficient (Wildman–Crippen LogP) is 3.69. The van der Waals surface area contributed by atoms with Crippen LogP contribution in [0.2, 0.25) is 0 Å². The quantitative estimate of drug-likeness (QED) is 0.626. The summed E-state index contributed by atoms with van der Waals surface area (Å²) in [5, 5.41) is 0.799. The van der Waals surface area contributed by atoms with E-state index in [-0.39, 0.29) is 0 Å². The van der Waals surface area contributed by atoms with Crippen molar-refractivity contribution >= 4 is 27.7 Å². The number of rotatable bonds is 3. The molecule has 0 aliphatic heterocycles. The first kappa shape index (κ1) is 12.8. The van der Waals surface area contributed by atoms with E-state index >= 15 is 0 Å². The van der Waals surface area contributed by atoms with Gasteiger partial charge in [-0.15, -0.1) is 0 Å². The van der Waals surface area contributed by atoms with E-state index < -0.39 is 6.09 Å². The molecule has 0 aliphatic rings. The van der Waals surface area contributed by atoms with E-state index in [1.165, 1.54) is 4.90 Å². The van der Waals surface area contributed by atoms with E-state index in [4.69, 9.17) is 4.74 Å². The van der Waals surface area contributed by atoms with Crippen molar-refractivity contribution in [1.29, 1.82) is 0 Å². The molecule has 1 rings (SSSR count). The van der Waals surface area contributed by atoms with Crippen molar-refractivity contribution in [1.82, 2.24) is 0 Å². The van der Waals surface area contributed by atoms with Crippen molar-refractivity contribution in [3.8, 4) is 0 Å². The SMILES string of the molecule is C=C(C)OC(=O)N(C)c1ccc(CBr)cc1. The van der Waals surface area contributed by atoms with Crippen LogP contribution < -0.4 is 4.90 Å². The predicted molar refractivity (Wildman–Crippen MR) is 68.8 cm³/mol. The van der Waals surface area contributed by atoms with Crippen molar-refractivity contribution in [3.63, 3.8) is 0 Å². The first-order valence-corrected chi connectivity index (χ1v) is 5.92. The van der Waals surface area contributed by atoms with Crippen molar-refractivity contribution in [3.05, 3.63) is 42.2 Å². The molecule has 0 heterocycles. The highest BCUT2D eigenvalue weighted by atomic mass is 79.9. The van der Waals surface area contributed by atoms with Gasteiger partial charge >= 0.3 is 6.09 Å². The Bertz CT molecular complexity index is 387. The summed E-state index contributed by atoms with van der Waals surface area (Å²) in [4.78, 5) is 13.0. The Hall–Kier alpha value is -1.29. The number of nitrogens with zero attached hydrogens (tertiary/aromatic N) is 1. The molecule has 1 aromatic carbocycles. The zero-order chi connectivity index (χ0) is 12.1. The molecule has 0 saturated carbocycles. The summed E-state index contributed by atoms with van der Waals surface area (Å²) in [5.41, 5.74) is 1.95. The fraction of sp³-hybridized carbons (Fsp3) is 0.250. The highest BCUT2D eigenvalue weighted by Crippen LogP contribution is 2.16. The molecule has 0 fully saturated rings. The van der Waals surface area contributed by atoms with Gasteiger partial charge in [0.2, 0.25) is 0 Å². The van der Waals surface area contributed by atoms with Crippen LogP contribution in [0.5, 0.6) is 0 Å². The van der Waals surface area contributed by atoms with Crippen LogP contribution in [-0.4, -0.2) is 13.1 Å². The molecule has 0 atom stereocenters. The lowest BCUT2D eigenvalue weighted by Crippen LogP contribution is -2.26. The van der Waals surface area contributed by atoms with Crippen molar-refractivity contribution < 1.29 is 9.53 Å². The first-order chi connectivity index (χ1) is 7.54. The number of anilines is 1. The van der Waals surface area contributed by atoms with Gasteiger partial charge < -0.3 is 4.74 Å². The minimum absolute atomic E-state index is 0.383. The van der Waals surface area contributed by atoms with E-state index in [0.29, 0.717) is 5.76 Å². The second-order valence-electron chi connectivity index (χ2n) is 3.43. The second kappa shape index (κ2) is 5.70. The van der Waals surface area contributed by atoms with E-state index in [9.17, 15) is 4.79 Å². The Kier molecular flexibility index (Phi) is 4.55. The largest absolute Gasteiger partial charge is 0.419 e. The Labute approximate surface area is 104 Å². The van der Waals surface area contributed by atoms with Crippen molar-refractivity contribution in [2.24, 2.45) is 0 Å². The maximum absolute atomic E-state index is 11.5. The molecule has 3 nitrogen and oxygen atoms in total. The van der Waals surface area contributed by atoms with Gasteiger partial charge in [0.05, 0.1) is 5.76 Å². The number of benzene rings is 1. The van der Waals surface area contributed by atoms with Crippen molar-refractivity contribution in [2.45, 2.75) is 12.3 Å². The van der Waals surface area contributed by atoms with Crippen LogP contribution in [0, 0.1) is 0 Å². The Morgan fingerprint density at radius 3 is 2.44 bits per heavy atom. The highest BCUT2D eigenvalue weighted by molar-refractivity contribution is 9.08. The van der Waals surface area contributed by atoms with E-state index in [1.54, 1.807) is 14.0 Å². The van der Waals surface area contributed by atoms with Crippen LogP contribution in [0.25, 0.3) is 0 Å². The molecule has 0 radical (unpaired) electrons. The molecule has 16 heavy (non-hydrogen) atoms. The van der Waals surface area contributed by atoms with Crippen LogP contribution in [0.15, 0.2) is 36.6 Å². The molecule has 1 amide bonds. The summed E-state index contributed by atoms with van der Waals surface area (Å²) in [7, 11) is 1.66. The number of carbonyl (C=O) groups is 1. The molecule has 86 valence electrons. The average Bonchev–Trinajstić information content (AvgIpc) is 2.27. The molecule has 0 aromatic heterocycles. The van der Waals surface area contributed by atoms with Crippen molar-refractivity contribution in [2.75, 3.05) is 11.9 Å². The number of hydrogen-bond acceptors (Lipinski definition) is 2. The summed E-state index contributed by atoms with van der Waals surface area (Å²) in [6.45, 7) is 5.16. The maximum atomic E-state index is 11.5. The van der Waals surface area contributed by atoms with Gasteiger partial charge in [-0.05, 0) is 24.6 Å². The standard InChI is InChI=1S/C12H14BrNO2/c1-9(2)16-12(15)14(3)11-6-4-10(8-13)5-7-11/h4-7H,1,8H2,2-3H3. The van der Waals surface area contributed by atoms with Crippen LogP contribution in [-0.2, 0) is 10.1 Å². The minimum Gasteiger partial charge on any atom is -0.415 e. The molecule has 0 saturated heterocycles. The number of ether oxygens (including phenoxy) is 1. The van der Waals surface area contributed by atoms with Gasteiger partial charge in [0.15, 0.2) is 0 Å². The number of alkyl halides is 1. The Morgan fingerprint density at radius 2 is 2.00 bits per heavy atom. The van der Waals surface area contributed by atoms with Gasteiger partial charge in [-0.3, -0.25) is 4.90 Å². The van der Waals surface area contributed by atoms with Gasteiger partial charge in [-0.25, -0.2) is 4.79 Å². The van der Waals surface area contributed by atoms with Crippen LogP contribution in [0.3, 0.4) is 0 Å². The van der Waals surface area contributed by atoms with Crippen LogP contribution in [0.1, 0.15) is 12.5 Å². The second-order valence-corrected chi connectivity index (χ2v) is 3.99. The summed E-state index contributed by atoms with van der Waals surface area (Å²) in [5.74, 6) is 0.383. The monoisotopic (exact) mass is 283 g/mol.